The highest BCUT2D eigenvalue weighted by Crippen LogP contribution is 2.29. The van der Waals surface area contributed by atoms with Crippen LogP contribution in [0, 0.1) is 5.92 Å². The summed E-state index contributed by atoms with van der Waals surface area (Å²) in [6.07, 6.45) is 0. The van der Waals surface area contributed by atoms with Gasteiger partial charge < -0.3 is 20.1 Å². The molecule has 0 aromatic heterocycles. The van der Waals surface area contributed by atoms with Gasteiger partial charge in [0.2, 0.25) is 5.91 Å². The van der Waals surface area contributed by atoms with Crippen molar-refractivity contribution < 1.29 is 19.1 Å². The molecule has 0 aliphatic rings. The average Bonchev–Trinajstić information content (AvgIpc) is 2.65. The number of methoxy groups -OCH3 is 2. The number of carbonyl (C=O) groups is 2. The number of amides is 2. The third kappa shape index (κ3) is 5.47. The Balaban J connectivity index is 2.13. The molecule has 1 atom stereocenters. The minimum Gasteiger partial charge on any atom is -0.493 e. The Kier molecular flexibility index (Phi) is 7.24. The summed E-state index contributed by atoms with van der Waals surface area (Å²) in [6.45, 7) is 3.75. The Morgan fingerprint density at radius 3 is 2.15 bits per heavy atom. The molecule has 0 spiro atoms. The SMILES string of the molecule is COc1ccc(NC(=O)[C@H](NC(=O)c2ccc(Br)cc2)C(C)C)cc1OC. The summed E-state index contributed by atoms with van der Waals surface area (Å²) in [5.41, 5.74) is 1.05. The second kappa shape index (κ2) is 9.41. The molecule has 144 valence electrons. The van der Waals surface area contributed by atoms with Crippen LogP contribution in [0.15, 0.2) is 46.9 Å². The van der Waals surface area contributed by atoms with Crippen LogP contribution in [0.5, 0.6) is 11.5 Å². The average molecular weight is 435 g/mol. The molecule has 0 heterocycles. The van der Waals surface area contributed by atoms with Gasteiger partial charge in [-0.1, -0.05) is 29.8 Å². The van der Waals surface area contributed by atoms with E-state index < -0.39 is 6.04 Å². The van der Waals surface area contributed by atoms with Gasteiger partial charge in [0.15, 0.2) is 11.5 Å². The van der Waals surface area contributed by atoms with Crippen LogP contribution in [0.3, 0.4) is 0 Å². The number of rotatable bonds is 7. The molecular formula is C20H23BrN2O4. The Labute approximate surface area is 167 Å². The fourth-order valence-electron chi connectivity index (χ4n) is 2.49. The first-order valence-electron chi connectivity index (χ1n) is 8.45. The highest BCUT2D eigenvalue weighted by Gasteiger charge is 2.25. The first-order valence-corrected chi connectivity index (χ1v) is 9.24. The van der Waals surface area contributed by atoms with Gasteiger partial charge in [-0.25, -0.2) is 0 Å². The van der Waals surface area contributed by atoms with Gasteiger partial charge in [0.1, 0.15) is 6.04 Å². The fraction of sp³-hybridized carbons (Fsp3) is 0.300. The van der Waals surface area contributed by atoms with Crippen molar-refractivity contribution >= 4 is 33.4 Å². The standard InChI is InChI=1S/C20H23BrN2O4/c1-12(2)18(23-19(24)13-5-7-14(21)8-6-13)20(25)22-15-9-10-16(26-3)17(11-15)27-4/h5-12,18H,1-4H3,(H,22,25)(H,23,24)/t18-/m1/s1. The summed E-state index contributed by atoms with van der Waals surface area (Å²) >= 11 is 3.34. The summed E-state index contributed by atoms with van der Waals surface area (Å²) in [4.78, 5) is 25.2. The molecule has 27 heavy (non-hydrogen) atoms. The van der Waals surface area contributed by atoms with Gasteiger partial charge in [-0.05, 0) is 42.3 Å². The van der Waals surface area contributed by atoms with Crippen LogP contribution in [0.2, 0.25) is 0 Å². The zero-order valence-electron chi connectivity index (χ0n) is 15.7. The lowest BCUT2D eigenvalue weighted by Crippen LogP contribution is -2.47. The molecule has 0 bridgehead atoms. The van der Waals surface area contributed by atoms with Crippen LogP contribution in [-0.2, 0) is 4.79 Å². The van der Waals surface area contributed by atoms with E-state index in [1.807, 2.05) is 13.8 Å². The molecule has 0 radical (unpaired) electrons. The number of ether oxygens (including phenoxy) is 2. The number of anilines is 1. The summed E-state index contributed by atoms with van der Waals surface area (Å²) in [6, 6.07) is 11.4. The number of halogens is 1. The van der Waals surface area contributed by atoms with Gasteiger partial charge in [-0.15, -0.1) is 0 Å². The molecule has 0 aliphatic heterocycles. The van der Waals surface area contributed by atoms with Crippen LogP contribution >= 0.6 is 15.9 Å². The molecule has 0 saturated carbocycles. The summed E-state index contributed by atoms with van der Waals surface area (Å²) in [5, 5.41) is 5.62. The number of benzene rings is 2. The number of hydrogen-bond acceptors (Lipinski definition) is 4. The first-order chi connectivity index (χ1) is 12.8. The molecule has 0 saturated heterocycles. The summed E-state index contributed by atoms with van der Waals surface area (Å²) in [7, 11) is 3.07. The molecule has 2 amide bonds. The lowest BCUT2D eigenvalue weighted by atomic mass is 10.0. The molecule has 0 unspecified atom stereocenters. The van der Waals surface area contributed by atoms with E-state index in [1.165, 1.54) is 7.11 Å². The van der Waals surface area contributed by atoms with Crippen molar-refractivity contribution in [2.45, 2.75) is 19.9 Å². The Hall–Kier alpha value is -2.54. The molecule has 2 rings (SSSR count). The van der Waals surface area contributed by atoms with Gasteiger partial charge in [-0.2, -0.15) is 0 Å². The van der Waals surface area contributed by atoms with Gasteiger partial charge in [-0.3, -0.25) is 9.59 Å². The van der Waals surface area contributed by atoms with Crippen LogP contribution in [-0.4, -0.2) is 32.1 Å². The Morgan fingerprint density at radius 2 is 1.59 bits per heavy atom. The molecule has 0 fully saturated rings. The molecular weight excluding hydrogens is 412 g/mol. The fourth-order valence-corrected chi connectivity index (χ4v) is 2.76. The highest BCUT2D eigenvalue weighted by molar-refractivity contribution is 9.10. The predicted octanol–water partition coefficient (Wildman–Crippen LogP) is 3.86. The predicted molar refractivity (Wildman–Crippen MR) is 108 cm³/mol. The number of nitrogens with one attached hydrogen (secondary N) is 2. The Bertz CT molecular complexity index is 806. The second-order valence-corrected chi connectivity index (χ2v) is 7.18. The monoisotopic (exact) mass is 434 g/mol. The summed E-state index contributed by atoms with van der Waals surface area (Å²) in [5.74, 6) is 0.380. The van der Waals surface area contributed by atoms with E-state index in [0.717, 1.165) is 4.47 Å². The number of hydrogen-bond donors (Lipinski definition) is 2. The maximum absolute atomic E-state index is 12.7. The van der Waals surface area contributed by atoms with Crippen LogP contribution < -0.4 is 20.1 Å². The van der Waals surface area contributed by atoms with E-state index >= 15 is 0 Å². The van der Waals surface area contributed by atoms with E-state index in [4.69, 9.17) is 9.47 Å². The zero-order chi connectivity index (χ0) is 20.0. The normalized spacial score (nSPS) is 11.6. The van der Waals surface area contributed by atoms with Gasteiger partial charge in [0, 0.05) is 21.8 Å². The molecule has 0 aliphatic carbocycles. The minimum absolute atomic E-state index is 0.0930. The lowest BCUT2D eigenvalue weighted by molar-refractivity contribution is -0.118. The van der Waals surface area contributed by atoms with E-state index in [9.17, 15) is 9.59 Å². The van der Waals surface area contributed by atoms with Crippen molar-refractivity contribution in [2.75, 3.05) is 19.5 Å². The summed E-state index contributed by atoms with van der Waals surface area (Å²) < 4.78 is 11.3. The minimum atomic E-state index is -0.686. The van der Waals surface area contributed by atoms with E-state index in [0.29, 0.717) is 22.7 Å². The lowest BCUT2D eigenvalue weighted by Gasteiger charge is -2.22. The van der Waals surface area contributed by atoms with Crippen molar-refractivity contribution in [3.05, 3.63) is 52.5 Å². The number of carbonyl (C=O) groups excluding carboxylic acids is 2. The van der Waals surface area contributed by atoms with E-state index in [-0.39, 0.29) is 17.7 Å². The highest BCUT2D eigenvalue weighted by atomic mass is 79.9. The smallest absolute Gasteiger partial charge is 0.251 e. The maximum atomic E-state index is 12.7. The van der Waals surface area contributed by atoms with Crippen molar-refractivity contribution in [1.82, 2.24) is 5.32 Å². The van der Waals surface area contributed by atoms with Gasteiger partial charge in [0.05, 0.1) is 14.2 Å². The first kappa shape index (κ1) is 20.8. The van der Waals surface area contributed by atoms with E-state index in [2.05, 4.69) is 26.6 Å². The molecule has 2 N–H and O–H groups in total. The van der Waals surface area contributed by atoms with Crippen LogP contribution in [0.4, 0.5) is 5.69 Å². The van der Waals surface area contributed by atoms with Gasteiger partial charge >= 0.3 is 0 Å². The van der Waals surface area contributed by atoms with E-state index in [1.54, 1.807) is 49.6 Å². The largest absolute Gasteiger partial charge is 0.493 e. The molecule has 7 heteroatoms. The maximum Gasteiger partial charge on any atom is 0.251 e. The van der Waals surface area contributed by atoms with Crippen LogP contribution in [0.25, 0.3) is 0 Å². The van der Waals surface area contributed by atoms with Gasteiger partial charge in [0.25, 0.3) is 5.91 Å². The van der Waals surface area contributed by atoms with Crippen molar-refractivity contribution in [3.63, 3.8) is 0 Å². The van der Waals surface area contributed by atoms with Crippen molar-refractivity contribution in [2.24, 2.45) is 5.92 Å². The van der Waals surface area contributed by atoms with Crippen molar-refractivity contribution in [1.29, 1.82) is 0 Å². The third-order valence-electron chi connectivity index (χ3n) is 3.99. The third-order valence-corrected chi connectivity index (χ3v) is 4.52. The van der Waals surface area contributed by atoms with Crippen molar-refractivity contribution in [3.8, 4) is 11.5 Å². The zero-order valence-corrected chi connectivity index (χ0v) is 17.3. The molecule has 2 aromatic carbocycles. The Morgan fingerprint density at radius 1 is 0.963 bits per heavy atom. The second-order valence-electron chi connectivity index (χ2n) is 6.26. The quantitative estimate of drug-likeness (QED) is 0.693. The molecule has 6 nitrogen and oxygen atoms in total. The topological polar surface area (TPSA) is 76.7 Å². The van der Waals surface area contributed by atoms with Crippen LogP contribution in [0.1, 0.15) is 24.2 Å². The molecule has 2 aromatic rings.